The maximum atomic E-state index is 2.70. The van der Waals surface area contributed by atoms with Crippen LogP contribution in [0.1, 0.15) is 348 Å². The molecule has 0 aliphatic heterocycles. The van der Waals surface area contributed by atoms with E-state index < -0.39 is 0 Å². The van der Waals surface area contributed by atoms with Crippen LogP contribution in [0, 0.1) is 0 Å². The van der Waals surface area contributed by atoms with Crippen LogP contribution in [0.2, 0.25) is 0 Å². The van der Waals surface area contributed by atoms with Crippen molar-refractivity contribution in [3.8, 4) is 0 Å². The fourth-order valence-electron chi connectivity index (χ4n) is 10.1. The first-order valence-electron chi connectivity index (χ1n) is 28.3. The molecule has 0 bridgehead atoms. The van der Waals surface area contributed by atoms with Crippen molar-refractivity contribution < 1.29 is 0 Å². The summed E-state index contributed by atoms with van der Waals surface area (Å²) < 4.78 is 0. The lowest BCUT2D eigenvalue weighted by Crippen LogP contribution is -2.44. The molecule has 1 nitrogen and oxygen atoms in total. The van der Waals surface area contributed by atoms with Crippen LogP contribution >= 0.6 is 0 Å². The van der Waals surface area contributed by atoms with E-state index in [1.807, 2.05) is 0 Å². The summed E-state index contributed by atoms with van der Waals surface area (Å²) in [5, 5.41) is 0. The van der Waals surface area contributed by atoms with Gasteiger partial charge in [0.1, 0.15) is 0 Å². The fourth-order valence-corrected chi connectivity index (χ4v) is 10.1. The smallest absolute Gasteiger partial charge is 0.0203 e. The van der Waals surface area contributed by atoms with Crippen LogP contribution < -0.4 is 0 Å². The third-order valence-electron chi connectivity index (χ3n) is 14.4. The summed E-state index contributed by atoms with van der Waals surface area (Å²) in [6.07, 6.45) is 74.8. The van der Waals surface area contributed by atoms with Crippen molar-refractivity contribution in [2.75, 3.05) is 14.1 Å². The molecule has 58 heavy (non-hydrogen) atoms. The number of rotatable bonds is 52. The van der Waals surface area contributed by atoms with Crippen molar-refractivity contribution in [2.24, 2.45) is 0 Å². The molecule has 0 aromatic carbocycles. The maximum Gasteiger partial charge on any atom is 0.0203 e. The molecule has 0 N–H and O–H groups in total. The lowest BCUT2D eigenvalue weighted by molar-refractivity contribution is 0.104. The number of unbranched alkanes of at least 4 members (excludes halogenated alkanes) is 45. The summed E-state index contributed by atoms with van der Waals surface area (Å²) in [7, 11) is 4.87. The average Bonchev–Trinajstić information content (AvgIpc) is 3.22. The molecule has 0 aromatic rings. The Morgan fingerprint density at radius 3 is 0.431 bits per heavy atom. The Balaban J connectivity index is 4.32. The molecule has 0 saturated carbocycles. The summed E-state index contributed by atoms with van der Waals surface area (Å²) in [5.74, 6) is 0. The van der Waals surface area contributed by atoms with Gasteiger partial charge in [0.2, 0.25) is 0 Å². The van der Waals surface area contributed by atoms with Crippen LogP contribution in [0.5, 0.6) is 0 Å². The van der Waals surface area contributed by atoms with Gasteiger partial charge in [0.25, 0.3) is 0 Å². The quantitative estimate of drug-likeness (QED) is 0.0553. The van der Waals surface area contributed by atoms with E-state index in [0.717, 1.165) is 0 Å². The van der Waals surface area contributed by atoms with E-state index in [0.29, 0.717) is 5.54 Å². The lowest BCUT2D eigenvalue weighted by Gasteiger charge is -2.41. The highest BCUT2D eigenvalue weighted by molar-refractivity contribution is 4.88. The summed E-state index contributed by atoms with van der Waals surface area (Å²) in [6, 6.07) is 0. The molecule has 0 amide bonds. The SMILES string of the molecule is CCCCCCCCCCCCCCCCCCC(CCCCCCCCCCCCCCCCCC)(CCCCCCCCCCCCCCCCCC)N(C)C. The van der Waals surface area contributed by atoms with E-state index in [1.165, 1.54) is 327 Å². The Hall–Kier alpha value is -0.0400. The van der Waals surface area contributed by atoms with Crippen molar-refractivity contribution in [2.45, 2.75) is 354 Å². The summed E-state index contributed by atoms with van der Waals surface area (Å²) in [6.45, 7) is 6.96. The number of nitrogens with zero attached hydrogens (tertiary/aromatic N) is 1. The molecule has 0 fully saturated rings. The topological polar surface area (TPSA) is 3.24 Å². The van der Waals surface area contributed by atoms with Crippen LogP contribution in [-0.4, -0.2) is 24.5 Å². The molecule has 0 aliphatic carbocycles. The first-order valence-corrected chi connectivity index (χ1v) is 28.3. The molecule has 0 radical (unpaired) electrons. The largest absolute Gasteiger partial charge is 0.304 e. The van der Waals surface area contributed by atoms with Gasteiger partial charge in [0.15, 0.2) is 0 Å². The Kier molecular flexibility index (Phi) is 49.6. The Bertz CT molecular complexity index is 624. The minimum absolute atomic E-state index is 0.446. The second-order valence-corrected chi connectivity index (χ2v) is 20.3. The molecule has 0 aromatic heterocycles. The van der Waals surface area contributed by atoms with E-state index >= 15 is 0 Å². The van der Waals surface area contributed by atoms with Gasteiger partial charge >= 0.3 is 0 Å². The fraction of sp³-hybridized carbons (Fsp3) is 1.00. The van der Waals surface area contributed by atoms with Crippen molar-refractivity contribution in [1.29, 1.82) is 0 Å². The molecule has 0 aliphatic rings. The molecule has 0 spiro atoms. The summed E-state index contributed by atoms with van der Waals surface area (Å²) >= 11 is 0. The van der Waals surface area contributed by atoms with Crippen LogP contribution in [0.25, 0.3) is 0 Å². The minimum Gasteiger partial charge on any atom is -0.304 e. The third kappa shape index (κ3) is 42.6. The first kappa shape index (κ1) is 58.0. The van der Waals surface area contributed by atoms with Crippen molar-refractivity contribution in [1.82, 2.24) is 4.90 Å². The zero-order valence-electron chi connectivity index (χ0n) is 42.0. The van der Waals surface area contributed by atoms with Gasteiger partial charge in [0.05, 0.1) is 0 Å². The van der Waals surface area contributed by atoms with Gasteiger partial charge in [-0.1, -0.05) is 329 Å². The monoisotopic (exact) mass is 816 g/mol. The van der Waals surface area contributed by atoms with E-state index in [4.69, 9.17) is 0 Å². The molecule has 1 heteroatoms. The van der Waals surface area contributed by atoms with Crippen molar-refractivity contribution >= 4 is 0 Å². The first-order chi connectivity index (χ1) is 28.6. The van der Waals surface area contributed by atoms with Crippen LogP contribution in [0.4, 0.5) is 0 Å². The highest BCUT2D eigenvalue weighted by Crippen LogP contribution is 2.33. The number of hydrogen-bond donors (Lipinski definition) is 0. The minimum atomic E-state index is 0.446. The van der Waals surface area contributed by atoms with Gasteiger partial charge in [-0.25, -0.2) is 0 Å². The summed E-state index contributed by atoms with van der Waals surface area (Å²) in [5.41, 5.74) is 0.446. The van der Waals surface area contributed by atoms with Crippen LogP contribution in [0.15, 0.2) is 0 Å². The Morgan fingerprint density at radius 1 is 0.190 bits per heavy atom. The standard InChI is InChI=1S/C57H117N/c1-6-9-12-15-18-21-24-27-30-33-36-39-42-45-48-51-54-57(58(4)5,55-52-49-46-43-40-37-34-31-28-25-22-19-16-13-10-7-2)56-53-50-47-44-41-38-35-32-29-26-23-20-17-14-11-8-3/h6-56H2,1-5H3. The lowest BCUT2D eigenvalue weighted by atomic mass is 9.80. The van der Waals surface area contributed by atoms with Crippen LogP contribution in [0.3, 0.4) is 0 Å². The predicted octanol–water partition coefficient (Wildman–Crippen LogP) is 21.2. The molecular formula is C57H117N. The molecule has 0 rings (SSSR count). The van der Waals surface area contributed by atoms with Gasteiger partial charge in [-0.2, -0.15) is 0 Å². The molecule has 0 saturated heterocycles. The van der Waals surface area contributed by atoms with Gasteiger partial charge < -0.3 is 4.90 Å². The zero-order chi connectivity index (χ0) is 42.1. The molecule has 0 atom stereocenters. The Morgan fingerprint density at radius 2 is 0.310 bits per heavy atom. The van der Waals surface area contributed by atoms with Gasteiger partial charge in [-0.15, -0.1) is 0 Å². The Labute approximate surface area is 371 Å². The maximum absolute atomic E-state index is 2.70. The van der Waals surface area contributed by atoms with Gasteiger partial charge in [0, 0.05) is 5.54 Å². The molecule has 0 heterocycles. The molecular weight excluding hydrogens is 699 g/mol. The predicted molar refractivity (Wildman–Crippen MR) is 269 cm³/mol. The van der Waals surface area contributed by atoms with E-state index in [9.17, 15) is 0 Å². The van der Waals surface area contributed by atoms with E-state index in [2.05, 4.69) is 39.8 Å². The van der Waals surface area contributed by atoms with Crippen LogP contribution in [-0.2, 0) is 0 Å². The number of hydrogen-bond acceptors (Lipinski definition) is 1. The summed E-state index contributed by atoms with van der Waals surface area (Å²) in [4.78, 5) is 2.70. The highest BCUT2D eigenvalue weighted by Gasteiger charge is 2.30. The molecule has 0 unspecified atom stereocenters. The second-order valence-electron chi connectivity index (χ2n) is 20.3. The normalized spacial score (nSPS) is 12.1. The molecule has 350 valence electrons. The van der Waals surface area contributed by atoms with Gasteiger partial charge in [-0.3, -0.25) is 0 Å². The highest BCUT2D eigenvalue weighted by atomic mass is 15.1. The van der Waals surface area contributed by atoms with E-state index in [1.54, 1.807) is 0 Å². The van der Waals surface area contributed by atoms with Gasteiger partial charge in [-0.05, 0) is 33.4 Å². The second kappa shape index (κ2) is 49.6. The van der Waals surface area contributed by atoms with Crippen molar-refractivity contribution in [3.63, 3.8) is 0 Å². The van der Waals surface area contributed by atoms with Crippen molar-refractivity contribution in [3.05, 3.63) is 0 Å². The average molecular weight is 817 g/mol. The van der Waals surface area contributed by atoms with E-state index in [-0.39, 0.29) is 0 Å². The third-order valence-corrected chi connectivity index (χ3v) is 14.4. The zero-order valence-corrected chi connectivity index (χ0v) is 42.0.